The fourth-order valence-corrected chi connectivity index (χ4v) is 2.31. The van der Waals surface area contributed by atoms with Gasteiger partial charge in [0.1, 0.15) is 11.9 Å². The summed E-state index contributed by atoms with van der Waals surface area (Å²) in [5, 5.41) is 2.99. The third-order valence-electron chi connectivity index (χ3n) is 3.26. The molecular formula is C13H14ClFN2O2. The van der Waals surface area contributed by atoms with Crippen LogP contribution in [-0.2, 0) is 16.1 Å². The minimum atomic E-state index is -0.424. The van der Waals surface area contributed by atoms with Gasteiger partial charge in [0.25, 0.3) is 0 Å². The average molecular weight is 285 g/mol. The second-order valence-corrected chi connectivity index (χ2v) is 4.92. The van der Waals surface area contributed by atoms with Crippen molar-refractivity contribution < 1.29 is 14.0 Å². The van der Waals surface area contributed by atoms with Crippen LogP contribution in [0.3, 0.4) is 0 Å². The molecule has 2 rings (SSSR count). The van der Waals surface area contributed by atoms with Gasteiger partial charge in [0.2, 0.25) is 11.8 Å². The third kappa shape index (κ3) is 3.04. The van der Waals surface area contributed by atoms with Crippen molar-refractivity contribution in [3.05, 3.63) is 34.6 Å². The van der Waals surface area contributed by atoms with Gasteiger partial charge in [0, 0.05) is 25.0 Å². The van der Waals surface area contributed by atoms with Crippen LogP contribution in [0, 0.1) is 5.82 Å². The van der Waals surface area contributed by atoms with Crippen molar-refractivity contribution in [2.45, 2.75) is 25.4 Å². The molecule has 0 aliphatic carbocycles. The average Bonchev–Trinajstić information content (AvgIpc) is 2.69. The lowest BCUT2D eigenvalue weighted by Gasteiger charge is -2.19. The highest BCUT2D eigenvalue weighted by Crippen LogP contribution is 2.19. The van der Waals surface area contributed by atoms with Crippen molar-refractivity contribution in [3.63, 3.8) is 0 Å². The first-order valence-corrected chi connectivity index (χ1v) is 6.34. The van der Waals surface area contributed by atoms with Crippen molar-refractivity contribution in [2.24, 2.45) is 0 Å². The second-order valence-electron chi connectivity index (χ2n) is 4.51. The Bertz CT molecular complexity index is 521. The molecule has 1 heterocycles. The fourth-order valence-electron chi connectivity index (χ4n) is 2.08. The molecule has 0 radical (unpaired) electrons. The van der Waals surface area contributed by atoms with Crippen LogP contribution >= 0.6 is 11.6 Å². The van der Waals surface area contributed by atoms with E-state index in [0.29, 0.717) is 18.4 Å². The molecule has 1 aromatic rings. The molecule has 1 aliphatic rings. The first-order chi connectivity index (χ1) is 8.99. The van der Waals surface area contributed by atoms with E-state index in [1.807, 2.05) is 0 Å². The number of likely N-dealkylation sites (tertiary alicyclic amines) is 1. The second kappa shape index (κ2) is 5.57. The minimum Gasteiger partial charge on any atom is -0.350 e. The molecule has 1 unspecified atom stereocenters. The standard InChI is InChI=1S/C13H14ClFN2O2/c1-17-11(4-5-12(17)18)13(19)16-7-8-2-3-9(15)6-10(8)14/h2-3,6,11H,4-5,7H2,1H3,(H,16,19). The highest BCUT2D eigenvalue weighted by Gasteiger charge is 2.32. The van der Waals surface area contributed by atoms with Gasteiger partial charge in [-0.15, -0.1) is 0 Å². The number of halogens is 2. The van der Waals surface area contributed by atoms with Crippen LogP contribution in [0.25, 0.3) is 0 Å². The number of hydrogen-bond donors (Lipinski definition) is 1. The van der Waals surface area contributed by atoms with Crippen LogP contribution in [0.5, 0.6) is 0 Å². The normalized spacial score (nSPS) is 18.8. The maximum Gasteiger partial charge on any atom is 0.243 e. The van der Waals surface area contributed by atoms with Crippen molar-refractivity contribution in [3.8, 4) is 0 Å². The predicted molar refractivity (Wildman–Crippen MR) is 69.0 cm³/mol. The lowest BCUT2D eigenvalue weighted by atomic mass is 10.2. The SMILES string of the molecule is CN1C(=O)CCC1C(=O)NCc1ccc(F)cc1Cl. The van der Waals surface area contributed by atoms with E-state index < -0.39 is 11.9 Å². The molecule has 4 nitrogen and oxygen atoms in total. The first-order valence-electron chi connectivity index (χ1n) is 5.96. The van der Waals surface area contributed by atoms with Crippen LogP contribution in [0.4, 0.5) is 4.39 Å². The van der Waals surface area contributed by atoms with Crippen molar-refractivity contribution in [1.82, 2.24) is 10.2 Å². The lowest BCUT2D eigenvalue weighted by Crippen LogP contribution is -2.42. The van der Waals surface area contributed by atoms with E-state index in [0.717, 1.165) is 0 Å². The summed E-state index contributed by atoms with van der Waals surface area (Å²) in [6, 6.07) is 3.60. The summed E-state index contributed by atoms with van der Waals surface area (Å²) in [6.45, 7) is 0.219. The molecule has 1 atom stereocenters. The number of nitrogens with zero attached hydrogens (tertiary/aromatic N) is 1. The summed E-state index contributed by atoms with van der Waals surface area (Å²) in [5.74, 6) is -0.657. The molecule has 1 fully saturated rings. The van der Waals surface area contributed by atoms with E-state index >= 15 is 0 Å². The van der Waals surface area contributed by atoms with Gasteiger partial charge in [0.05, 0.1) is 0 Å². The number of amides is 2. The molecule has 0 spiro atoms. The van der Waals surface area contributed by atoms with Gasteiger partial charge in [-0.25, -0.2) is 4.39 Å². The summed E-state index contributed by atoms with van der Waals surface area (Å²) in [4.78, 5) is 24.7. The topological polar surface area (TPSA) is 49.4 Å². The Morgan fingerprint density at radius 2 is 2.32 bits per heavy atom. The Hall–Kier alpha value is -1.62. The van der Waals surface area contributed by atoms with Gasteiger partial charge in [-0.1, -0.05) is 17.7 Å². The fraction of sp³-hybridized carbons (Fsp3) is 0.385. The van der Waals surface area contributed by atoms with Gasteiger partial charge in [-0.05, 0) is 24.1 Å². The van der Waals surface area contributed by atoms with Gasteiger partial charge >= 0.3 is 0 Å². The van der Waals surface area contributed by atoms with Crippen LogP contribution in [0.15, 0.2) is 18.2 Å². The number of benzene rings is 1. The Morgan fingerprint density at radius 1 is 1.58 bits per heavy atom. The van der Waals surface area contributed by atoms with E-state index in [1.54, 1.807) is 7.05 Å². The quantitative estimate of drug-likeness (QED) is 0.919. The number of nitrogens with one attached hydrogen (secondary N) is 1. The Kier molecular flexibility index (Phi) is 4.04. The molecule has 1 aliphatic heterocycles. The number of carbonyl (C=O) groups excluding carboxylic acids is 2. The Morgan fingerprint density at radius 3 is 2.89 bits per heavy atom. The molecule has 0 aromatic heterocycles. The largest absolute Gasteiger partial charge is 0.350 e. The Balaban J connectivity index is 1.95. The van der Waals surface area contributed by atoms with Crippen LogP contribution in [0.1, 0.15) is 18.4 Å². The van der Waals surface area contributed by atoms with Crippen LogP contribution in [0.2, 0.25) is 5.02 Å². The zero-order valence-corrected chi connectivity index (χ0v) is 11.2. The summed E-state index contributed by atoms with van der Waals surface area (Å²) < 4.78 is 12.9. The van der Waals surface area contributed by atoms with Gasteiger partial charge in [-0.2, -0.15) is 0 Å². The molecular weight excluding hydrogens is 271 g/mol. The maximum atomic E-state index is 12.9. The maximum absolute atomic E-state index is 12.9. The number of likely N-dealkylation sites (N-methyl/N-ethyl adjacent to an activating group) is 1. The molecule has 19 heavy (non-hydrogen) atoms. The molecule has 2 amide bonds. The van der Waals surface area contributed by atoms with E-state index in [-0.39, 0.29) is 23.4 Å². The summed E-state index contributed by atoms with van der Waals surface area (Å²) >= 11 is 5.87. The number of carbonyl (C=O) groups is 2. The monoisotopic (exact) mass is 284 g/mol. The third-order valence-corrected chi connectivity index (χ3v) is 3.62. The molecule has 0 bridgehead atoms. The first kappa shape index (κ1) is 13.8. The lowest BCUT2D eigenvalue weighted by molar-refractivity contribution is -0.133. The molecule has 1 N–H and O–H groups in total. The number of hydrogen-bond acceptors (Lipinski definition) is 2. The Labute approximate surface area is 115 Å². The summed E-state index contributed by atoms with van der Waals surface area (Å²) in [7, 11) is 1.62. The van der Waals surface area contributed by atoms with E-state index in [4.69, 9.17) is 11.6 Å². The molecule has 102 valence electrons. The molecule has 1 saturated heterocycles. The molecule has 1 aromatic carbocycles. The van der Waals surface area contributed by atoms with Crippen LogP contribution in [-0.4, -0.2) is 29.8 Å². The summed E-state index contributed by atoms with van der Waals surface area (Å²) in [6.07, 6.45) is 0.921. The smallest absolute Gasteiger partial charge is 0.243 e. The van der Waals surface area contributed by atoms with E-state index in [9.17, 15) is 14.0 Å². The van der Waals surface area contributed by atoms with Crippen LogP contribution < -0.4 is 5.32 Å². The van der Waals surface area contributed by atoms with Gasteiger partial charge < -0.3 is 10.2 Å². The zero-order chi connectivity index (χ0) is 14.0. The van der Waals surface area contributed by atoms with E-state index in [2.05, 4.69) is 5.32 Å². The van der Waals surface area contributed by atoms with Crippen molar-refractivity contribution in [2.75, 3.05) is 7.05 Å². The minimum absolute atomic E-state index is 0.0278. The number of rotatable bonds is 3. The highest BCUT2D eigenvalue weighted by atomic mass is 35.5. The molecule has 6 heteroatoms. The van der Waals surface area contributed by atoms with E-state index in [1.165, 1.54) is 23.1 Å². The summed E-state index contributed by atoms with van der Waals surface area (Å²) in [5.41, 5.74) is 0.642. The zero-order valence-electron chi connectivity index (χ0n) is 10.5. The highest BCUT2D eigenvalue weighted by molar-refractivity contribution is 6.31. The van der Waals surface area contributed by atoms with Gasteiger partial charge in [0.15, 0.2) is 0 Å². The van der Waals surface area contributed by atoms with Crippen molar-refractivity contribution in [1.29, 1.82) is 0 Å². The molecule has 0 saturated carbocycles. The van der Waals surface area contributed by atoms with Crippen molar-refractivity contribution >= 4 is 23.4 Å². The van der Waals surface area contributed by atoms with Gasteiger partial charge in [-0.3, -0.25) is 9.59 Å². The predicted octanol–water partition coefficient (Wildman–Crippen LogP) is 1.72.